The van der Waals surface area contributed by atoms with Crippen LogP contribution in [0.3, 0.4) is 0 Å². The zero-order chi connectivity index (χ0) is 10.1. The number of fused-ring (bicyclic) bond motifs is 1. The van der Waals surface area contributed by atoms with Crippen LogP contribution < -0.4 is 10.3 Å². The number of rotatable bonds is 1. The van der Waals surface area contributed by atoms with E-state index in [2.05, 4.69) is 4.98 Å². The van der Waals surface area contributed by atoms with E-state index in [0.717, 1.165) is 4.73 Å². The average molecular weight is 192 g/mol. The number of ether oxygens (including phenoxy) is 1. The fourth-order valence-corrected chi connectivity index (χ4v) is 1.27. The van der Waals surface area contributed by atoms with Gasteiger partial charge in [-0.1, -0.05) is 12.1 Å². The van der Waals surface area contributed by atoms with Gasteiger partial charge in [0.15, 0.2) is 0 Å². The lowest BCUT2D eigenvalue weighted by molar-refractivity contribution is 0.154. The fourth-order valence-electron chi connectivity index (χ4n) is 1.27. The summed E-state index contributed by atoms with van der Waals surface area (Å²) in [7, 11) is 1.34. The molecule has 0 bridgehead atoms. The summed E-state index contributed by atoms with van der Waals surface area (Å²) in [4.78, 5) is 14.9. The van der Waals surface area contributed by atoms with Gasteiger partial charge >= 0.3 is 6.01 Å². The lowest BCUT2D eigenvalue weighted by atomic mass is 10.2. The van der Waals surface area contributed by atoms with Crippen molar-refractivity contribution in [1.82, 2.24) is 9.71 Å². The SMILES string of the molecule is COc1nc(=O)c2ccccc2n1O. The Bertz CT molecular complexity index is 533. The minimum Gasteiger partial charge on any atom is -0.466 e. The molecule has 0 fully saturated rings. The summed E-state index contributed by atoms with van der Waals surface area (Å²) < 4.78 is 5.48. The van der Waals surface area contributed by atoms with E-state index in [9.17, 15) is 10.0 Å². The van der Waals surface area contributed by atoms with Gasteiger partial charge in [-0.2, -0.15) is 4.98 Å². The topological polar surface area (TPSA) is 64.3 Å². The number of nitrogens with zero attached hydrogens (tertiary/aromatic N) is 2. The van der Waals surface area contributed by atoms with Crippen LogP contribution in [0.1, 0.15) is 0 Å². The number of methoxy groups -OCH3 is 1. The second-order valence-corrected chi connectivity index (χ2v) is 2.73. The minimum atomic E-state index is -0.414. The zero-order valence-corrected chi connectivity index (χ0v) is 7.47. The summed E-state index contributed by atoms with van der Waals surface area (Å²) in [6, 6.07) is 6.51. The van der Waals surface area contributed by atoms with Crippen LogP contribution in [0, 0.1) is 0 Å². The summed E-state index contributed by atoms with van der Waals surface area (Å²) in [6.45, 7) is 0. The van der Waals surface area contributed by atoms with Crippen molar-refractivity contribution in [2.45, 2.75) is 0 Å². The highest BCUT2D eigenvalue weighted by Gasteiger charge is 2.08. The van der Waals surface area contributed by atoms with Crippen LogP contribution in [-0.2, 0) is 0 Å². The van der Waals surface area contributed by atoms with Gasteiger partial charge in [-0.25, -0.2) is 0 Å². The largest absolute Gasteiger partial charge is 0.466 e. The standard InChI is InChI=1S/C9H8N2O3/c1-14-9-10-8(12)6-4-2-3-5-7(6)11(9)13/h2-5,13H,1H3. The molecule has 1 aromatic carbocycles. The highest BCUT2D eigenvalue weighted by atomic mass is 16.5. The number of hydrogen-bond donors (Lipinski definition) is 1. The Balaban J connectivity index is 2.95. The van der Waals surface area contributed by atoms with Crippen molar-refractivity contribution < 1.29 is 9.94 Å². The summed E-state index contributed by atoms with van der Waals surface area (Å²) in [5.41, 5.74) is -0.0351. The first-order valence-electron chi connectivity index (χ1n) is 3.99. The van der Waals surface area contributed by atoms with Gasteiger partial charge < -0.3 is 9.94 Å². The van der Waals surface area contributed by atoms with E-state index in [-0.39, 0.29) is 6.01 Å². The first-order chi connectivity index (χ1) is 6.74. The van der Waals surface area contributed by atoms with Crippen molar-refractivity contribution in [3.05, 3.63) is 34.6 Å². The molecule has 14 heavy (non-hydrogen) atoms. The van der Waals surface area contributed by atoms with Gasteiger partial charge in [0.25, 0.3) is 5.56 Å². The average Bonchev–Trinajstić information content (AvgIpc) is 2.23. The highest BCUT2D eigenvalue weighted by molar-refractivity contribution is 5.77. The molecule has 0 aliphatic heterocycles. The molecule has 5 nitrogen and oxygen atoms in total. The first kappa shape index (κ1) is 8.55. The Hall–Kier alpha value is -2.04. The van der Waals surface area contributed by atoms with Crippen molar-refractivity contribution in [3.8, 4) is 6.01 Å². The Morgan fingerprint density at radius 3 is 2.86 bits per heavy atom. The number of hydrogen-bond acceptors (Lipinski definition) is 4. The van der Waals surface area contributed by atoms with E-state index < -0.39 is 5.56 Å². The molecule has 0 spiro atoms. The summed E-state index contributed by atoms with van der Waals surface area (Å²) in [5, 5.41) is 9.92. The molecule has 1 N–H and O–H groups in total. The predicted octanol–water partition coefficient (Wildman–Crippen LogP) is 0.642. The molecule has 0 aliphatic rings. The highest BCUT2D eigenvalue weighted by Crippen LogP contribution is 2.12. The smallest absolute Gasteiger partial charge is 0.333 e. The maximum atomic E-state index is 11.4. The van der Waals surface area contributed by atoms with Gasteiger partial charge in [0, 0.05) is 0 Å². The molecule has 2 rings (SSSR count). The van der Waals surface area contributed by atoms with Crippen LogP contribution >= 0.6 is 0 Å². The zero-order valence-electron chi connectivity index (χ0n) is 7.47. The Kier molecular flexibility index (Phi) is 1.85. The lowest BCUT2D eigenvalue weighted by Crippen LogP contribution is -2.14. The third-order valence-corrected chi connectivity index (χ3v) is 1.92. The third-order valence-electron chi connectivity index (χ3n) is 1.92. The van der Waals surface area contributed by atoms with Crippen LogP contribution in [0.2, 0.25) is 0 Å². The van der Waals surface area contributed by atoms with E-state index in [0.29, 0.717) is 10.9 Å². The molecule has 0 atom stereocenters. The molecule has 1 aromatic heterocycles. The molecule has 0 unspecified atom stereocenters. The Morgan fingerprint density at radius 1 is 1.43 bits per heavy atom. The van der Waals surface area contributed by atoms with Gasteiger partial charge in [-0.15, -0.1) is 4.73 Å². The minimum absolute atomic E-state index is 0.117. The molecule has 0 aliphatic carbocycles. The van der Waals surface area contributed by atoms with Crippen LogP contribution in [0.15, 0.2) is 29.1 Å². The van der Waals surface area contributed by atoms with Gasteiger partial charge in [0.1, 0.15) is 0 Å². The number of para-hydroxylation sites is 1. The molecule has 0 saturated heterocycles. The van der Waals surface area contributed by atoms with Crippen LogP contribution in [0.5, 0.6) is 6.01 Å². The van der Waals surface area contributed by atoms with Crippen molar-refractivity contribution in [2.75, 3.05) is 7.11 Å². The quantitative estimate of drug-likeness (QED) is 0.673. The molecule has 0 amide bonds. The lowest BCUT2D eigenvalue weighted by Gasteiger charge is -2.06. The molecule has 5 heteroatoms. The Morgan fingerprint density at radius 2 is 2.14 bits per heavy atom. The normalized spacial score (nSPS) is 10.4. The molecule has 0 radical (unpaired) electrons. The van der Waals surface area contributed by atoms with E-state index in [4.69, 9.17) is 4.74 Å². The maximum absolute atomic E-state index is 11.4. The second-order valence-electron chi connectivity index (χ2n) is 2.73. The first-order valence-corrected chi connectivity index (χ1v) is 3.99. The molecular weight excluding hydrogens is 184 g/mol. The summed E-state index contributed by atoms with van der Waals surface area (Å²) in [6.07, 6.45) is 0. The van der Waals surface area contributed by atoms with Crippen LogP contribution in [0.25, 0.3) is 10.9 Å². The monoisotopic (exact) mass is 192 g/mol. The van der Waals surface area contributed by atoms with Gasteiger partial charge in [-0.3, -0.25) is 4.79 Å². The Labute approximate surface area is 79.2 Å². The fraction of sp³-hybridized carbons (Fsp3) is 0.111. The molecule has 1 heterocycles. The van der Waals surface area contributed by atoms with E-state index in [1.165, 1.54) is 7.11 Å². The van der Waals surface area contributed by atoms with Crippen LogP contribution in [0.4, 0.5) is 0 Å². The van der Waals surface area contributed by atoms with Gasteiger partial charge in [0.05, 0.1) is 18.0 Å². The molecule has 72 valence electrons. The number of benzene rings is 1. The van der Waals surface area contributed by atoms with E-state index in [1.807, 2.05) is 0 Å². The van der Waals surface area contributed by atoms with Crippen molar-refractivity contribution in [2.24, 2.45) is 0 Å². The molecule has 2 aromatic rings. The van der Waals surface area contributed by atoms with E-state index >= 15 is 0 Å². The predicted molar refractivity (Wildman–Crippen MR) is 49.7 cm³/mol. The van der Waals surface area contributed by atoms with Gasteiger partial charge in [0.2, 0.25) is 0 Å². The van der Waals surface area contributed by atoms with E-state index in [1.54, 1.807) is 24.3 Å². The second kappa shape index (κ2) is 3.02. The summed E-state index contributed by atoms with van der Waals surface area (Å²) >= 11 is 0. The maximum Gasteiger partial charge on any atom is 0.333 e. The van der Waals surface area contributed by atoms with Crippen LogP contribution in [-0.4, -0.2) is 22.0 Å². The van der Waals surface area contributed by atoms with Crippen molar-refractivity contribution in [1.29, 1.82) is 0 Å². The summed E-state index contributed by atoms with van der Waals surface area (Å²) in [5.74, 6) is 0. The third kappa shape index (κ3) is 1.10. The number of aromatic nitrogens is 2. The van der Waals surface area contributed by atoms with Crippen molar-refractivity contribution >= 4 is 10.9 Å². The molecular formula is C9H8N2O3. The van der Waals surface area contributed by atoms with Crippen molar-refractivity contribution in [3.63, 3.8) is 0 Å². The molecule has 0 saturated carbocycles. The van der Waals surface area contributed by atoms with Gasteiger partial charge in [-0.05, 0) is 12.1 Å².